The number of rotatable bonds is 9. The number of ketones is 1. The van der Waals surface area contributed by atoms with E-state index in [0.717, 1.165) is 22.3 Å². The average molecular weight is 496 g/mol. The summed E-state index contributed by atoms with van der Waals surface area (Å²) >= 11 is 1.63. The number of fused-ring (bicyclic) bond motifs is 1. The van der Waals surface area contributed by atoms with E-state index in [0.29, 0.717) is 38.0 Å². The van der Waals surface area contributed by atoms with Gasteiger partial charge in [0.1, 0.15) is 17.9 Å². The molecule has 1 fully saturated rings. The molecule has 0 unspecified atom stereocenters. The van der Waals surface area contributed by atoms with Crippen molar-refractivity contribution in [3.05, 3.63) is 82.6 Å². The lowest BCUT2D eigenvalue weighted by molar-refractivity contribution is -0.122. The number of carbonyl (C=O) groups excluding carboxylic acids is 1. The molecule has 0 radical (unpaired) electrons. The molecule has 1 aliphatic rings. The molecule has 8 heteroatoms. The number of sulfonamides is 1. The van der Waals surface area contributed by atoms with Crippen LogP contribution in [0.4, 0.5) is 0 Å². The minimum Gasteiger partial charge on any atom is -0.489 e. The highest BCUT2D eigenvalue weighted by Crippen LogP contribution is 2.31. The first-order valence-corrected chi connectivity index (χ1v) is 13.6. The van der Waals surface area contributed by atoms with Gasteiger partial charge in [0.25, 0.3) is 10.0 Å². The fourth-order valence-corrected chi connectivity index (χ4v) is 6.60. The second-order valence-electron chi connectivity index (χ2n) is 8.41. The van der Waals surface area contributed by atoms with Gasteiger partial charge in [-0.25, -0.2) is 8.42 Å². The van der Waals surface area contributed by atoms with Gasteiger partial charge < -0.3 is 9.15 Å². The third kappa shape index (κ3) is 4.80. The van der Waals surface area contributed by atoms with E-state index in [1.54, 1.807) is 23.5 Å². The highest BCUT2D eigenvalue weighted by Gasteiger charge is 2.40. The summed E-state index contributed by atoms with van der Waals surface area (Å²) in [5.41, 5.74) is 2.63. The molecule has 0 spiro atoms. The van der Waals surface area contributed by atoms with E-state index in [2.05, 4.69) is 5.38 Å². The van der Waals surface area contributed by atoms with Crippen molar-refractivity contribution >= 4 is 38.1 Å². The molecule has 2 aromatic heterocycles. The second kappa shape index (κ2) is 9.74. The Kier molecular flexibility index (Phi) is 6.54. The SMILES string of the molecule is O=C(CCc1cccc(OCc2ccsc2)c1)[C@@H]1CCCN1S(=O)(=O)c1cc2ccccc2o1. The quantitative estimate of drug-likeness (QED) is 0.310. The summed E-state index contributed by atoms with van der Waals surface area (Å²) in [6.07, 6.45) is 1.98. The smallest absolute Gasteiger partial charge is 0.277 e. The Labute approximate surface area is 202 Å². The summed E-state index contributed by atoms with van der Waals surface area (Å²) in [6, 6.07) is 17.8. The van der Waals surface area contributed by atoms with Crippen molar-refractivity contribution in [2.45, 2.75) is 43.4 Å². The number of para-hydroxylation sites is 1. The number of furan rings is 1. The maximum Gasteiger partial charge on any atom is 0.277 e. The number of thiophene rings is 1. The fraction of sp³-hybridized carbons (Fsp3) is 0.269. The number of nitrogens with zero attached hydrogens (tertiary/aromatic N) is 1. The van der Waals surface area contributed by atoms with Gasteiger partial charge in [0, 0.05) is 24.4 Å². The van der Waals surface area contributed by atoms with Gasteiger partial charge in [-0.1, -0.05) is 30.3 Å². The van der Waals surface area contributed by atoms with Crippen molar-refractivity contribution in [1.82, 2.24) is 4.31 Å². The molecule has 176 valence electrons. The zero-order valence-corrected chi connectivity index (χ0v) is 20.2. The summed E-state index contributed by atoms with van der Waals surface area (Å²) in [5, 5.41) is 4.68. The molecular weight excluding hydrogens is 470 g/mol. The second-order valence-corrected chi connectivity index (χ2v) is 11.0. The van der Waals surface area contributed by atoms with E-state index >= 15 is 0 Å². The summed E-state index contributed by atoms with van der Waals surface area (Å²) in [7, 11) is -3.89. The van der Waals surface area contributed by atoms with Crippen molar-refractivity contribution in [3.8, 4) is 5.75 Å². The van der Waals surface area contributed by atoms with Gasteiger partial charge in [-0.15, -0.1) is 0 Å². The summed E-state index contributed by atoms with van der Waals surface area (Å²) in [5.74, 6) is 0.688. The van der Waals surface area contributed by atoms with Crippen LogP contribution in [0.15, 0.2) is 80.9 Å². The van der Waals surface area contributed by atoms with E-state index in [4.69, 9.17) is 9.15 Å². The number of Topliss-reactive ketones (excluding diaryl/α,β-unsaturated/α-hetero) is 1. The largest absolute Gasteiger partial charge is 0.489 e. The van der Waals surface area contributed by atoms with Gasteiger partial charge in [-0.3, -0.25) is 4.79 Å². The Bertz CT molecular complexity index is 1360. The van der Waals surface area contributed by atoms with Gasteiger partial charge in [-0.05, 0) is 65.4 Å². The predicted octanol–water partition coefficient (Wildman–Crippen LogP) is 5.43. The number of hydrogen-bond acceptors (Lipinski definition) is 6. The summed E-state index contributed by atoms with van der Waals surface area (Å²) in [6.45, 7) is 0.824. The third-order valence-electron chi connectivity index (χ3n) is 6.09. The molecule has 1 aliphatic heterocycles. The zero-order chi connectivity index (χ0) is 23.5. The van der Waals surface area contributed by atoms with E-state index in [1.807, 2.05) is 47.8 Å². The molecule has 6 nitrogen and oxygen atoms in total. The van der Waals surface area contributed by atoms with E-state index < -0.39 is 16.1 Å². The lowest BCUT2D eigenvalue weighted by Crippen LogP contribution is -2.40. The van der Waals surface area contributed by atoms with Crippen LogP contribution in [0, 0.1) is 0 Å². The standard InChI is InChI=1S/C26H25NO5S2/c28-24(11-10-19-5-3-7-22(15-19)31-17-20-12-14-33-18-20)23-8-4-13-27(23)34(29,30)26-16-21-6-1-2-9-25(21)32-26/h1-3,5-7,9,12,14-16,18,23H,4,8,10-11,13,17H2/t23-/m0/s1. The van der Waals surface area contributed by atoms with Crippen molar-refractivity contribution in [2.24, 2.45) is 0 Å². The van der Waals surface area contributed by atoms with Crippen LogP contribution in [0.3, 0.4) is 0 Å². The predicted molar refractivity (Wildman–Crippen MR) is 132 cm³/mol. The van der Waals surface area contributed by atoms with Crippen LogP contribution in [0.2, 0.25) is 0 Å². The summed E-state index contributed by atoms with van der Waals surface area (Å²) < 4.78 is 39.3. The maximum absolute atomic E-state index is 13.3. The molecule has 0 saturated carbocycles. The lowest BCUT2D eigenvalue weighted by atomic mass is 10.0. The van der Waals surface area contributed by atoms with Crippen LogP contribution < -0.4 is 4.74 Å². The van der Waals surface area contributed by atoms with Crippen LogP contribution in [0.25, 0.3) is 11.0 Å². The number of ether oxygens (including phenoxy) is 1. The van der Waals surface area contributed by atoms with Gasteiger partial charge >= 0.3 is 0 Å². The van der Waals surface area contributed by atoms with E-state index in [1.165, 1.54) is 10.4 Å². The molecule has 34 heavy (non-hydrogen) atoms. The maximum atomic E-state index is 13.3. The number of carbonyl (C=O) groups is 1. The highest BCUT2D eigenvalue weighted by atomic mass is 32.2. The van der Waals surface area contributed by atoms with Crippen LogP contribution in [-0.2, 0) is 27.8 Å². The van der Waals surface area contributed by atoms with Gasteiger partial charge in [-0.2, -0.15) is 15.6 Å². The molecule has 3 heterocycles. The first kappa shape index (κ1) is 22.8. The number of aryl methyl sites for hydroxylation is 1. The number of benzene rings is 2. The lowest BCUT2D eigenvalue weighted by Gasteiger charge is -2.21. The van der Waals surface area contributed by atoms with Crippen molar-refractivity contribution in [2.75, 3.05) is 6.54 Å². The first-order valence-electron chi connectivity index (χ1n) is 11.3. The molecule has 4 aromatic rings. The molecule has 1 saturated heterocycles. The number of hydrogen-bond donors (Lipinski definition) is 0. The monoisotopic (exact) mass is 495 g/mol. The van der Waals surface area contributed by atoms with Crippen LogP contribution in [0.5, 0.6) is 5.75 Å². The molecule has 2 aromatic carbocycles. The average Bonchev–Trinajstić information content (AvgIpc) is 3.61. The minimum atomic E-state index is -3.89. The third-order valence-corrected chi connectivity index (χ3v) is 8.58. The van der Waals surface area contributed by atoms with E-state index in [9.17, 15) is 13.2 Å². The van der Waals surface area contributed by atoms with Crippen molar-refractivity contribution < 1.29 is 22.4 Å². The zero-order valence-electron chi connectivity index (χ0n) is 18.6. The molecule has 0 bridgehead atoms. The highest BCUT2D eigenvalue weighted by molar-refractivity contribution is 7.89. The summed E-state index contributed by atoms with van der Waals surface area (Å²) in [4.78, 5) is 13.1. The Morgan fingerprint density at radius 1 is 1.09 bits per heavy atom. The Hall–Kier alpha value is -2.94. The van der Waals surface area contributed by atoms with Crippen molar-refractivity contribution in [1.29, 1.82) is 0 Å². The Balaban J connectivity index is 1.24. The molecule has 1 atom stereocenters. The van der Waals surface area contributed by atoms with Gasteiger partial charge in [0.2, 0.25) is 5.09 Å². The molecule has 0 amide bonds. The molecule has 0 N–H and O–H groups in total. The minimum absolute atomic E-state index is 0.0678. The van der Waals surface area contributed by atoms with Crippen LogP contribution in [-0.4, -0.2) is 31.1 Å². The fourth-order valence-electron chi connectivity index (χ4n) is 4.32. The van der Waals surface area contributed by atoms with Crippen LogP contribution in [0.1, 0.15) is 30.4 Å². The molecular formula is C26H25NO5S2. The molecule has 0 aliphatic carbocycles. The topological polar surface area (TPSA) is 76.8 Å². The van der Waals surface area contributed by atoms with Crippen LogP contribution >= 0.6 is 11.3 Å². The van der Waals surface area contributed by atoms with Gasteiger partial charge in [0.15, 0.2) is 5.78 Å². The van der Waals surface area contributed by atoms with Crippen molar-refractivity contribution in [3.63, 3.8) is 0 Å². The normalized spacial score (nSPS) is 16.8. The first-order chi connectivity index (χ1) is 16.5. The van der Waals surface area contributed by atoms with E-state index in [-0.39, 0.29) is 17.3 Å². The Morgan fingerprint density at radius 2 is 1.97 bits per heavy atom. The molecule has 5 rings (SSSR count). The van der Waals surface area contributed by atoms with Gasteiger partial charge in [0.05, 0.1) is 6.04 Å². The Morgan fingerprint density at radius 3 is 2.79 bits per heavy atom.